The highest BCUT2D eigenvalue weighted by Gasteiger charge is 2.42. The third-order valence-corrected chi connectivity index (χ3v) is 10.8. The quantitative estimate of drug-likeness (QED) is 0.199. The Hall–Kier alpha value is -4.62. The first-order valence-electron chi connectivity index (χ1n) is 16.3. The molecule has 0 fully saturated rings. The number of nitrogens with zero attached hydrogens (tertiary/aromatic N) is 1. The van der Waals surface area contributed by atoms with E-state index in [9.17, 15) is 0 Å². The van der Waals surface area contributed by atoms with E-state index in [1.54, 1.807) is 0 Å². The van der Waals surface area contributed by atoms with Crippen LogP contribution < -0.4 is 4.90 Å². The molecule has 1 nitrogen and oxygen atoms in total. The molecule has 0 bridgehead atoms. The first-order chi connectivity index (χ1) is 21.5. The molecule has 0 saturated heterocycles. The standard InChI is InChI=1S/C44H41N.H2/c1-26-17-19-39(28(3)21-26)45(40-20-18-27(2)22-29(40)4)41-25-38-42(32-15-10-9-14-31(32)41)34-24-36-33(23-37(34)44(38,7)8)30-13-11-12-16-35(30)43(36,5)6;/h9-25H,1-8H3;1H/i;1+1. The molecule has 2 aliphatic carbocycles. The molecule has 0 amide bonds. The van der Waals surface area contributed by atoms with Gasteiger partial charge in [-0.25, -0.2) is 0 Å². The van der Waals surface area contributed by atoms with Crippen LogP contribution in [-0.2, 0) is 10.8 Å². The van der Waals surface area contributed by atoms with Crippen molar-refractivity contribution >= 4 is 27.8 Å². The number of hydrogen-bond acceptors (Lipinski definition) is 1. The maximum atomic E-state index is 2.54. The normalized spacial score (nSPS) is 15.0. The second kappa shape index (κ2) is 9.44. The fraction of sp³-hybridized carbons (Fsp3) is 0.227. The molecule has 6 aromatic rings. The molecule has 6 aromatic carbocycles. The lowest BCUT2D eigenvalue weighted by Crippen LogP contribution is -2.18. The third kappa shape index (κ3) is 3.86. The highest BCUT2D eigenvalue weighted by atomic mass is 15.1. The van der Waals surface area contributed by atoms with Crippen LogP contribution in [0, 0.1) is 27.7 Å². The van der Waals surface area contributed by atoms with E-state index < -0.39 is 0 Å². The average molecular weight is 587 g/mol. The summed E-state index contributed by atoms with van der Waals surface area (Å²) in [6, 6.07) is 39.4. The molecule has 0 atom stereocenters. The van der Waals surface area contributed by atoms with E-state index in [4.69, 9.17) is 0 Å². The monoisotopic (exact) mass is 586 g/mol. The van der Waals surface area contributed by atoms with Crippen LogP contribution in [0.3, 0.4) is 0 Å². The molecule has 0 unspecified atom stereocenters. The summed E-state index contributed by atoms with van der Waals surface area (Å²) < 4.78 is 0. The summed E-state index contributed by atoms with van der Waals surface area (Å²) in [5, 5.41) is 2.60. The van der Waals surface area contributed by atoms with E-state index in [1.807, 2.05) is 0 Å². The Balaban J connectivity index is 0.00000338. The predicted molar refractivity (Wildman–Crippen MR) is 195 cm³/mol. The molecule has 0 heterocycles. The molecule has 0 radical (unpaired) electrons. The largest absolute Gasteiger partial charge is 0.309 e. The molecule has 0 saturated carbocycles. The predicted octanol–water partition coefficient (Wildman–Crippen LogP) is 12.4. The van der Waals surface area contributed by atoms with E-state index in [-0.39, 0.29) is 12.3 Å². The fourth-order valence-corrected chi connectivity index (χ4v) is 8.44. The minimum absolute atomic E-state index is 0. The molecule has 0 spiro atoms. The van der Waals surface area contributed by atoms with E-state index in [0.29, 0.717) is 0 Å². The molecule has 1 heteroatoms. The lowest BCUT2D eigenvalue weighted by atomic mass is 9.79. The van der Waals surface area contributed by atoms with Gasteiger partial charge in [-0.15, -0.1) is 0 Å². The van der Waals surface area contributed by atoms with Gasteiger partial charge in [0.25, 0.3) is 0 Å². The van der Waals surface area contributed by atoms with Gasteiger partial charge in [-0.1, -0.05) is 112 Å². The van der Waals surface area contributed by atoms with Crippen molar-refractivity contribution in [1.29, 1.82) is 0 Å². The van der Waals surface area contributed by atoms with Gasteiger partial charge in [-0.3, -0.25) is 0 Å². The molecule has 0 N–H and O–H groups in total. The van der Waals surface area contributed by atoms with Crippen molar-refractivity contribution in [2.75, 3.05) is 4.90 Å². The highest BCUT2D eigenvalue weighted by Crippen LogP contribution is 2.59. The van der Waals surface area contributed by atoms with Crippen LogP contribution >= 0.6 is 0 Å². The molecular formula is C44H43N. The second-order valence-corrected chi connectivity index (χ2v) is 14.5. The molecule has 2 aliphatic rings. The zero-order chi connectivity index (χ0) is 31.4. The maximum absolute atomic E-state index is 2.54. The highest BCUT2D eigenvalue weighted by molar-refractivity contribution is 6.10. The van der Waals surface area contributed by atoms with Crippen LogP contribution in [0.5, 0.6) is 0 Å². The SMILES string of the molecule is Cc1ccc(N(c2ccc(C)cc2C)c2cc3c(c4ccccc24)-c2cc4c(cc2C3(C)C)-c2ccccc2C4(C)C)c(C)c1.[2HH]. The van der Waals surface area contributed by atoms with Crippen LogP contribution in [-0.4, -0.2) is 0 Å². The van der Waals surface area contributed by atoms with Crippen LogP contribution in [0.4, 0.5) is 17.1 Å². The van der Waals surface area contributed by atoms with Crippen LogP contribution in [0.15, 0.2) is 103 Å². The number of aryl methyl sites for hydroxylation is 4. The van der Waals surface area contributed by atoms with Crippen molar-refractivity contribution in [3.8, 4) is 22.3 Å². The summed E-state index contributed by atoms with van der Waals surface area (Å²) in [5.41, 5.74) is 19.9. The van der Waals surface area contributed by atoms with Crippen molar-refractivity contribution < 1.29 is 1.43 Å². The average Bonchev–Trinajstić information content (AvgIpc) is 3.37. The van der Waals surface area contributed by atoms with Gasteiger partial charge in [0.2, 0.25) is 0 Å². The van der Waals surface area contributed by atoms with Crippen LogP contribution in [0.2, 0.25) is 0 Å². The van der Waals surface area contributed by atoms with Gasteiger partial charge >= 0.3 is 0 Å². The molecule has 0 aromatic heterocycles. The van der Waals surface area contributed by atoms with Crippen molar-refractivity contribution in [3.05, 3.63) is 148 Å². The summed E-state index contributed by atoms with van der Waals surface area (Å²) >= 11 is 0. The number of rotatable bonds is 3. The Morgan fingerprint density at radius 2 is 0.978 bits per heavy atom. The Morgan fingerprint density at radius 3 is 1.62 bits per heavy atom. The van der Waals surface area contributed by atoms with Crippen molar-refractivity contribution in [2.45, 2.75) is 66.2 Å². The van der Waals surface area contributed by atoms with E-state index in [0.717, 1.165) is 0 Å². The number of benzene rings is 6. The summed E-state index contributed by atoms with van der Waals surface area (Å²) in [7, 11) is 0. The Morgan fingerprint density at radius 1 is 0.444 bits per heavy atom. The van der Waals surface area contributed by atoms with E-state index in [1.165, 1.54) is 94.6 Å². The first kappa shape index (κ1) is 27.9. The number of anilines is 3. The fourth-order valence-electron chi connectivity index (χ4n) is 8.44. The van der Waals surface area contributed by atoms with E-state index in [2.05, 4.69) is 163 Å². The number of hydrogen-bond donors (Lipinski definition) is 0. The van der Waals surface area contributed by atoms with Crippen LogP contribution in [0.25, 0.3) is 33.0 Å². The Bertz CT molecular complexity index is 2170. The Kier molecular flexibility index (Phi) is 5.85. The minimum Gasteiger partial charge on any atom is -0.309 e. The van der Waals surface area contributed by atoms with Crippen molar-refractivity contribution in [2.24, 2.45) is 0 Å². The topological polar surface area (TPSA) is 3.24 Å². The molecule has 45 heavy (non-hydrogen) atoms. The minimum atomic E-state index is -0.156. The zero-order valence-electron chi connectivity index (χ0n) is 27.8. The number of fused-ring (bicyclic) bond motifs is 8. The smallest absolute Gasteiger partial charge is 0.0543 e. The maximum Gasteiger partial charge on any atom is 0.0543 e. The van der Waals surface area contributed by atoms with Gasteiger partial charge in [-0.2, -0.15) is 0 Å². The molecule has 8 rings (SSSR count). The van der Waals surface area contributed by atoms with Gasteiger partial charge in [0.15, 0.2) is 0 Å². The summed E-state index contributed by atoms with van der Waals surface area (Å²) in [4.78, 5) is 2.52. The lowest BCUT2D eigenvalue weighted by Gasteiger charge is -2.32. The van der Waals surface area contributed by atoms with Gasteiger partial charge in [-0.05, 0) is 119 Å². The van der Waals surface area contributed by atoms with Gasteiger partial charge < -0.3 is 4.90 Å². The lowest BCUT2D eigenvalue weighted by molar-refractivity contribution is 0.652. The zero-order valence-corrected chi connectivity index (χ0v) is 27.8. The van der Waals surface area contributed by atoms with Crippen molar-refractivity contribution in [3.63, 3.8) is 0 Å². The van der Waals surface area contributed by atoms with Gasteiger partial charge in [0.1, 0.15) is 0 Å². The van der Waals surface area contributed by atoms with Gasteiger partial charge in [0, 0.05) is 29.0 Å². The van der Waals surface area contributed by atoms with Gasteiger partial charge in [0.05, 0.1) is 5.69 Å². The summed E-state index contributed by atoms with van der Waals surface area (Å²) in [6.45, 7) is 18.5. The second-order valence-electron chi connectivity index (χ2n) is 14.5. The van der Waals surface area contributed by atoms with Crippen LogP contribution in [0.1, 0.15) is 73.6 Å². The van der Waals surface area contributed by atoms with Crippen molar-refractivity contribution in [1.82, 2.24) is 0 Å². The molecule has 224 valence electrons. The third-order valence-electron chi connectivity index (χ3n) is 10.8. The molecule has 0 aliphatic heterocycles. The summed E-state index contributed by atoms with van der Waals surface area (Å²) in [6.07, 6.45) is 0. The summed E-state index contributed by atoms with van der Waals surface area (Å²) in [5.74, 6) is 0. The molecular weight excluding hydrogens is 542 g/mol. The Labute approximate surface area is 269 Å². The van der Waals surface area contributed by atoms with E-state index >= 15 is 0 Å². The first-order valence-corrected chi connectivity index (χ1v) is 16.3.